The first kappa shape index (κ1) is 15.5. The molecule has 0 aromatic carbocycles. The number of nitrogens with zero attached hydrogens (tertiary/aromatic N) is 1. The number of nitrogens with one attached hydrogen (secondary N) is 1. The molecule has 1 fully saturated rings. The highest BCUT2D eigenvalue weighted by molar-refractivity contribution is 7.89. The second-order valence-corrected chi connectivity index (χ2v) is 6.64. The van der Waals surface area contributed by atoms with Gasteiger partial charge in [-0.1, -0.05) is 0 Å². The van der Waals surface area contributed by atoms with Gasteiger partial charge in [-0.2, -0.15) is 0 Å². The summed E-state index contributed by atoms with van der Waals surface area (Å²) in [7, 11) is -2.52. The molecule has 2 rings (SSSR count). The minimum absolute atomic E-state index is 0.118. The Morgan fingerprint density at radius 1 is 1.48 bits per heavy atom. The van der Waals surface area contributed by atoms with Crippen LogP contribution in [0.25, 0.3) is 0 Å². The third-order valence-electron chi connectivity index (χ3n) is 3.48. The molecule has 1 atom stereocenters. The van der Waals surface area contributed by atoms with Gasteiger partial charge in [-0.15, -0.1) is 0 Å². The minimum Gasteiger partial charge on any atom is -0.481 e. The molecule has 116 valence electrons. The van der Waals surface area contributed by atoms with Crippen molar-refractivity contribution in [2.45, 2.75) is 18.4 Å². The van der Waals surface area contributed by atoms with E-state index in [-0.39, 0.29) is 23.0 Å². The lowest BCUT2D eigenvalue weighted by Crippen LogP contribution is -2.30. The number of hydrogen-bond donors (Lipinski definition) is 2. The Labute approximate surface area is 121 Å². The average Bonchev–Trinajstić information content (AvgIpc) is 3.04. The van der Waals surface area contributed by atoms with E-state index in [4.69, 9.17) is 9.52 Å². The molecule has 2 heterocycles. The predicted molar refractivity (Wildman–Crippen MR) is 71.3 cm³/mol. The Bertz CT molecular complexity index is 678. The molecule has 1 aliphatic rings. The van der Waals surface area contributed by atoms with Gasteiger partial charge in [-0.25, -0.2) is 13.1 Å². The molecule has 1 amide bonds. The summed E-state index contributed by atoms with van der Waals surface area (Å²) in [5.41, 5.74) is 0.134. The Kier molecular flexibility index (Phi) is 4.06. The van der Waals surface area contributed by atoms with Gasteiger partial charge in [0, 0.05) is 19.2 Å². The highest BCUT2D eigenvalue weighted by atomic mass is 32.2. The maximum atomic E-state index is 12.3. The van der Waals surface area contributed by atoms with Crippen molar-refractivity contribution in [3.8, 4) is 0 Å². The summed E-state index contributed by atoms with van der Waals surface area (Å²) in [6.07, 6.45) is 0.389. The van der Waals surface area contributed by atoms with Crippen LogP contribution in [0.15, 0.2) is 15.6 Å². The van der Waals surface area contributed by atoms with E-state index in [0.717, 1.165) is 6.07 Å². The Hall–Kier alpha value is -1.87. The molecule has 9 heteroatoms. The average molecular weight is 316 g/mol. The Balaban J connectivity index is 2.23. The molecule has 21 heavy (non-hydrogen) atoms. The van der Waals surface area contributed by atoms with Crippen LogP contribution in [-0.4, -0.2) is 50.4 Å². The van der Waals surface area contributed by atoms with Gasteiger partial charge in [-0.3, -0.25) is 9.59 Å². The zero-order chi connectivity index (χ0) is 15.8. The number of aryl methyl sites for hydroxylation is 1. The van der Waals surface area contributed by atoms with Crippen LogP contribution in [0.1, 0.15) is 22.5 Å². The fraction of sp³-hybridized carbons (Fsp3) is 0.500. The fourth-order valence-electron chi connectivity index (χ4n) is 2.22. The van der Waals surface area contributed by atoms with Crippen molar-refractivity contribution in [1.82, 2.24) is 9.62 Å². The minimum atomic E-state index is -3.76. The maximum Gasteiger partial charge on any atom is 0.308 e. The highest BCUT2D eigenvalue weighted by Gasteiger charge is 2.33. The number of aliphatic carboxylic acids is 1. The van der Waals surface area contributed by atoms with Crippen LogP contribution in [0.5, 0.6) is 0 Å². The number of carbonyl (C=O) groups excluding carboxylic acids is 1. The lowest BCUT2D eigenvalue weighted by molar-refractivity contribution is -0.141. The molecule has 0 bridgehead atoms. The van der Waals surface area contributed by atoms with Crippen LogP contribution in [0, 0.1) is 12.8 Å². The lowest BCUT2D eigenvalue weighted by Gasteiger charge is -2.14. The first-order valence-corrected chi connectivity index (χ1v) is 7.80. The third-order valence-corrected chi connectivity index (χ3v) is 4.75. The summed E-state index contributed by atoms with van der Waals surface area (Å²) in [5.74, 6) is -1.75. The van der Waals surface area contributed by atoms with Crippen LogP contribution >= 0.6 is 0 Å². The largest absolute Gasteiger partial charge is 0.481 e. The summed E-state index contributed by atoms with van der Waals surface area (Å²) in [4.78, 5) is 24.6. The van der Waals surface area contributed by atoms with E-state index in [1.54, 1.807) is 0 Å². The molecule has 8 nitrogen and oxygen atoms in total. The SMILES string of the molecule is CNS(=O)(=O)c1cc(C(=O)N2CC[C@H](C(=O)O)C2)c(C)o1. The van der Waals surface area contributed by atoms with Crippen molar-refractivity contribution < 1.29 is 27.5 Å². The van der Waals surface area contributed by atoms with Gasteiger partial charge in [0.05, 0.1) is 11.5 Å². The maximum absolute atomic E-state index is 12.3. The van der Waals surface area contributed by atoms with E-state index < -0.39 is 27.8 Å². The third kappa shape index (κ3) is 2.93. The van der Waals surface area contributed by atoms with E-state index in [1.165, 1.54) is 18.9 Å². The van der Waals surface area contributed by atoms with E-state index in [9.17, 15) is 18.0 Å². The summed E-state index contributed by atoms with van der Waals surface area (Å²) >= 11 is 0. The topological polar surface area (TPSA) is 117 Å². The van der Waals surface area contributed by atoms with Gasteiger partial charge in [0.2, 0.25) is 5.09 Å². The molecule has 0 spiro atoms. The molecular formula is C12H16N2O6S. The fourth-order valence-corrected chi connectivity index (χ4v) is 2.93. The van der Waals surface area contributed by atoms with E-state index >= 15 is 0 Å². The van der Waals surface area contributed by atoms with Crippen LogP contribution in [-0.2, 0) is 14.8 Å². The van der Waals surface area contributed by atoms with Crippen molar-refractivity contribution in [2.75, 3.05) is 20.1 Å². The quantitative estimate of drug-likeness (QED) is 0.810. The van der Waals surface area contributed by atoms with E-state index in [2.05, 4.69) is 4.72 Å². The molecule has 1 aromatic heterocycles. The number of sulfonamides is 1. The van der Waals surface area contributed by atoms with Crippen LogP contribution < -0.4 is 4.72 Å². The predicted octanol–water partition coefficient (Wildman–Crippen LogP) is 0.0428. The normalized spacial score (nSPS) is 19.0. The van der Waals surface area contributed by atoms with Gasteiger partial charge in [-0.05, 0) is 20.4 Å². The summed E-state index contributed by atoms with van der Waals surface area (Å²) in [6.45, 7) is 1.94. The first-order valence-electron chi connectivity index (χ1n) is 6.32. The van der Waals surface area contributed by atoms with Gasteiger partial charge < -0.3 is 14.4 Å². The van der Waals surface area contributed by atoms with Gasteiger partial charge >= 0.3 is 5.97 Å². The number of amides is 1. The zero-order valence-electron chi connectivity index (χ0n) is 11.6. The van der Waals surface area contributed by atoms with Crippen molar-refractivity contribution in [3.05, 3.63) is 17.4 Å². The smallest absolute Gasteiger partial charge is 0.308 e. The number of carboxylic acid groups (broad SMARTS) is 1. The molecule has 1 aromatic rings. The molecule has 0 saturated carbocycles. The standard InChI is InChI=1S/C12H16N2O6S/c1-7-9(5-10(20-7)21(18,19)13-2)11(15)14-4-3-8(6-14)12(16)17/h5,8,13H,3-4,6H2,1-2H3,(H,16,17)/t8-/m0/s1. The highest BCUT2D eigenvalue weighted by Crippen LogP contribution is 2.24. The molecule has 0 aliphatic carbocycles. The van der Waals surface area contributed by atoms with Gasteiger partial charge in [0.15, 0.2) is 0 Å². The zero-order valence-corrected chi connectivity index (χ0v) is 12.4. The molecular weight excluding hydrogens is 300 g/mol. The van der Waals surface area contributed by atoms with Crippen molar-refractivity contribution >= 4 is 21.9 Å². The number of rotatable bonds is 4. The van der Waals surface area contributed by atoms with Gasteiger partial charge in [0.1, 0.15) is 5.76 Å². The number of carbonyl (C=O) groups is 2. The number of likely N-dealkylation sites (tertiary alicyclic amines) is 1. The number of furan rings is 1. The molecule has 1 aliphatic heterocycles. The molecule has 0 unspecified atom stereocenters. The van der Waals surface area contributed by atoms with Crippen molar-refractivity contribution in [2.24, 2.45) is 5.92 Å². The van der Waals surface area contributed by atoms with Crippen molar-refractivity contribution in [3.63, 3.8) is 0 Å². The Morgan fingerprint density at radius 2 is 2.14 bits per heavy atom. The molecule has 1 saturated heterocycles. The summed E-state index contributed by atoms with van der Waals surface area (Å²) in [6, 6.07) is 1.16. The second kappa shape index (κ2) is 5.49. The number of carboxylic acids is 1. The molecule has 0 radical (unpaired) electrons. The van der Waals surface area contributed by atoms with E-state index in [1.807, 2.05) is 0 Å². The second-order valence-electron chi connectivity index (χ2n) is 4.82. The van der Waals surface area contributed by atoms with Crippen LogP contribution in [0.4, 0.5) is 0 Å². The first-order chi connectivity index (χ1) is 9.76. The van der Waals surface area contributed by atoms with Crippen LogP contribution in [0.2, 0.25) is 0 Å². The van der Waals surface area contributed by atoms with E-state index in [0.29, 0.717) is 13.0 Å². The molecule has 2 N–H and O–H groups in total. The monoisotopic (exact) mass is 316 g/mol. The van der Waals surface area contributed by atoms with Gasteiger partial charge in [0.25, 0.3) is 15.9 Å². The lowest BCUT2D eigenvalue weighted by atomic mass is 10.1. The Morgan fingerprint density at radius 3 is 2.67 bits per heavy atom. The van der Waals surface area contributed by atoms with Crippen molar-refractivity contribution in [1.29, 1.82) is 0 Å². The number of hydrogen-bond acceptors (Lipinski definition) is 5. The summed E-state index contributed by atoms with van der Waals surface area (Å²) in [5, 5.41) is 8.60. The van der Waals surface area contributed by atoms with Crippen LogP contribution in [0.3, 0.4) is 0 Å². The summed E-state index contributed by atoms with van der Waals surface area (Å²) < 4.78 is 30.5.